The second-order valence-corrected chi connectivity index (χ2v) is 8.71. The molecule has 2 aromatic carbocycles. The maximum Gasteiger partial charge on any atom is 0.339 e. The van der Waals surface area contributed by atoms with E-state index in [0.717, 1.165) is 4.31 Å². The van der Waals surface area contributed by atoms with Crippen LogP contribution in [0.25, 0.3) is 0 Å². The van der Waals surface area contributed by atoms with Gasteiger partial charge in [0.25, 0.3) is 11.6 Å². The highest BCUT2D eigenvalue weighted by Crippen LogP contribution is 2.22. The number of nitro groups is 1. The highest BCUT2D eigenvalue weighted by atomic mass is 32.2. The van der Waals surface area contributed by atoms with Crippen LogP contribution in [0.5, 0.6) is 0 Å². The summed E-state index contributed by atoms with van der Waals surface area (Å²) in [6.45, 7) is 2.75. The molecule has 11 heteroatoms. The second-order valence-electron chi connectivity index (χ2n) is 6.56. The Morgan fingerprint density at radius 2 is 1.80 bits per heavy atom. The van der Waals surface area contributed by atoms with Crippen LogP contribution >= 0.6 is 0 Å². The molecule has 0 saturated heterocycles. The number of carbonyl (C=O) groups is 2. The van der Waals surface area contributed by atoms with Gasteiger partial charge in [-0.15, -0.1) is 0 Å². The average molecular weight is 435 g/mol. The van der Waals surface area contributed by atoms with Gasteiger partial charge in [-0.2, -0.15) is 0 Å². The Balaban J connectivity index is 2.14. The summed E-state index contributed by atoms with van der Waals surface area (Å²) in [4.78, 5) is 35.1. The van der Waals surface area contributed by atoms with Crippen LogP contribution in [0, 0.1) is 17.0 Å². The smallest absolute Gasteiger partial charge is 0.339 e. The standard InChI is InChI=1S/C19H21N3O7S/c1-12-16(9-6-10-17(12)22(25)26)19(24)29-13(2)18(23)20-14-7-5-8-15(11-14)30(27,28)21(3)4/h5-11,13H,1-4H3,(H,20,23)/t13-/m0/s1. The summed E-state index contributed by atoms with van der Waals surface area (Å²) in [7, 11) is -0.911. The van der Waals surface area contributed by atoms with Crippen LogP contribution in [0.1, 0.15) is 22.8 Å². The lowest BCUT2D eigenvalue weighted by Gasteiger charge is -2.15. The van der Waals surface area contributed by atoms with Crippen LogP contribution in [-0.2, 0) is 19.6 Å². The fraction of sp³-hybridized carbons (Fsp3) is 0.263. The number of hydrogen-bond donors (Lipinski definition) is 1. The molecule has 30 heavy (non-hydrogen) atoms. The molecule has 1 N–H and O–H groups in total. The summed E-state index contributed by atoms with van der Waals surface area (Å²) in [5.41, 5.74) is 0.0717. The molecule has 0 aliphatic rings. The molecule has 0 aromatic heterocycles. The van der Waals surface area contributed by atoms with Gasteiger partial charge in [0.2, 0.25) is 10.0 Å². The lowest BCUT2D eigenvalue weighted by atomic mass is 10.1. The van der Waals surface area contributed by atoms with Crippen molar-refractivity contribution in [1.29, 1.82) is 0 Å². The number of benzene rings is 2. The van der Waals surface area contributed by atoms with Crippen molar-refractivity contribution in [3.05, 3.63) is 63.7 Å². The van der Waals surface area contributed by atoms with Crippen LogP contribution in [0.3, 0.4) is 0 Å². The molecule has 0 spiro atoms. The molecule has 0 bridgehead atoms. The number of anilines is 1. The summed E-state index contributed by atoms with van der Waals surface area (Å²) in [5.74, 6) is -1.58. The van der Waals surface area contributed by atoms with E-state index < -0.39 is 32.9 Å². The summed E-state index contributed by atoms with van der Waals surface area (Å²) in [5, 5.41) is 13.5. The number of hydrogen-bond acceptors (Lipinski definition) is 7. The summed E-state index contributed by atoms with van der Waals surface area (Å²) in [6, 6.07) is 9.61. The van der Waals surface area contributed by atoms with Gasteiger partial charge >= 0.3 is 5.97 Å². The number of esters is 1. The Labute approximate surface area is 173 Å². The lowest BCUT2D eigenvalue weighted by molar-refractivity contribution is -0.385. The Morgan fingerprint density at radius 3 is 2.40 bits per heavy atom. The van der Waals surface area contributed by atoms with Crippen molar-refractivity contribution in [1.82, 2.24) is 4.31 Å². The molecule has 1 amide bonds. The zero-order chi connectivity index (χ0) is 22.6. The van der Waals surface area contributed by atoms with Gasteiger partial charge < -0.3 is 10.1 Å². The molecular weight excluding hydrogens is 414 g/mol. The molecule has 10 nitrogen and oxygen atoms in total. The normalized spacial score (nSPS) is 12.3. The van der Waals surface area contributed by atoms with E-state index in [1.165, 1.54) is 70.4 Å². The zero-order valence-electron chi connectivity index (χ0n) is 16.8. The number of nitrogens with one attached hydrogen (secondary N) is 1. The molecule has 1 atom stereocenters. The van der Waals surface area contributed by atoms with Crippen LogP contribution in [0.15, 0.2) is 47.4 Å². The zero-order valence-corrected chi connectivity index (χ0v) is 17.6. The first-order chi connectivity index (χ1) is 13.9. The van der Waals surface area contributed by atoms with Gasteiger partial charge in [0, 0.05) is 31.4 Å². The largest absolute Gasteiger partial charge is 0.449 e. The SMILES string of the molecule is Cc1c(C(=O)O[C@@H](C)C(=O)Nc2cccc(S(=O)(=O)N(C)C)c2)cccc1[N+](=O)[O-]. The average Bonchev–Trinajstić information content (AvgIpc) is 2.67. The number of ether oxygens (including phenoxy) is 1. The van der Waals surface area contributed by atoms with Crippen molar-refractivity contribution >= 4 is 33.3 Å². The first kappa shape index (κ1) is 23.0. The third kappa shape index (κ3) is 4.99. The second kappa shape index (κ2) is 9.01. The Bertz CT molecular complexity index is 1100. The molecule has 2 rings (SSSR count). The van der Waals surface area contributed by atoms with Gasteiger partial charge in [-0.3, -0.25) is 14.9 Å². The highest BCUT2D eigenvalue weighted by molar-refractivity contribution is 7.89. The molecule has 0 aliphatic carbocycles. The van der Waals surface area contributed by atoms with E-state index in [-0.39, 0.29) is 27.4 Å². The monoisotopic (exact) mass is 435 g/mol. The number of rotatable bonds is 7. The minimum absolute atomic E-state index is 0.0119. The van der Waals surface area contributed by atoms with E-state index in [1.807, 2.05) is 0 Å². The van der Waals surface area contributed by atoms with Crippen LogP contribution in [0.4, 0.5) is 11.4 Å². The van der Waals surface area contributed by atoms with Crippen molar-refractivity contribution in [3.8, 4) is 0 Å². The minimum Gasteiger partial charge on any atom is -0.449 e. The van der Waals surface area contributed by atoms with E-state index in [4.69, 9.17) is 4.74 Å². The Hall–Kier alpha value is -3.31. The maximum absolute atomic E-state index is 12.4. The van der Waals surface area contributed by atoms with Gasteiger partial charge in [-0.1, -0.05) is 12.1 Å². The van der Waals surface area contributed by atoms with Crippen molar-refractivity contribution < 1.29 is 27.7 Å². The molecule has 0 unspecified atom stereocenters. The lowest BCUT2D eigenvalue weighted by Crippen LogP contribution is -2.30. The van der Waals surface area contributed by atoms with Gasteiger partial charge in [0.15, 0.2) is 6.10 Å². The summed E-state index contributed by atoms with van der Waals surface area (Å²) >= 11 is 0. The highest BCUT2D eigenvalue weighted by Gasteiger charge is 2.24. The van der Waals surface area contributed by atoms with Crippen LogP contribution < -0.4 is 5.32 Å². The van der Waals surface area contributed by atoms with Gasteiger partial charge in [-0.25, -0.2) is 17.5 Å². The predicted octanol–water partition coefficient (Wildman–Crippen LogP) is 2.34. The first-order valence-electron chi connectivity index (χ1n) is 8.73. The number of carbonyl (C=O) groups excluding carboxylic acids is 2. The molecule has 0 radical (unpaired) electrons. The molecule has 160 valence electrons. The first-order valence-corrected chi connectivity index (χ1v) is 10.2. The van der Waals surface area contributed by atoms with Crippen LogP contribution in [0.2, 0.25) is 0 Å². The number of nitrogens with zero attached hydrogens (tertiary/aromatic N) is 2. The Kier molecular flexibility index (Phi) is 6.90. The van der Waals surface area contributed by atoms with Crippen LogP contribution in [-0.4, -0.2) is 49.7 Å². The van der Waals surface area contributed by atoms with Crippen molar-refractivity contribution in [2.75, 3.05) is 19.4 Å². The molecule has 2 aromatic rings. The maximum atomic E-state index is 12.4. The van der Waals surface area contributed by atoms with E-state index in [2.05, 4.69) is 5.32 Å². The van der Waals surface area contributed by atoms with Gasteiger partial charge in [0.1, 0.15) is 0 Å². The molecule has 0 heterocycles. The fourth-order valence-electron chi connectivity index (χ4n) is 2.51. The molecule has 0 fully saturated rings. The number of amides is 1. The third-order valence-corrected chi connectivity index (χ3v) is 6.07. The third-order valence-electron chi connectivity index (χ3n) is 4.26. The van der Waals surface area contributed by atoms with E-state index in [9.17, 15) is 28.1 Å². The topological polar surface area (TPSA) is 136 Å². The summed E-state index contributed by atoms with van der Waals surface area (Å²) < 4.78 is 30.6. The van der Waals surface area contributed by atoms with Crippen molar-refractivity contribution in [2.24, 2.45) is 0 Å². The molecule has 0 aliphatic heterocycles. The van der Waals surface area contributed by atoms with Crippen molar-refractivity contribution in [2.45, 2.75) is 24.8 Å². The Morgan fingerprint density at radius 1 is 1.17 bits per heavy atom. The predicted molar refractivity (Wildman–Crippen MR) is 109 cm³/mol. The quantitative estimate of drug-likeness (QED) is 0.400. The fourth-order valence-corrected chi connectivity index (χ4v) is 3.46. The molecule has 0 saturated carbocycles. The number of nitro benzene ring substituents is 1. The van der Waals surface area contributed by atoms with E-state index in [0.29, 0.717) is 0 Å². The minimum atomic E-state index is -3.68. The van der Waals surface area contributed by atoms with Crippen molar-refractivity contribution in [3.63, 3.8) is 0 Å². The van der Waals surface area contributed by atoms with Gasteiger partial charge in [0.05, 0.1) is 15.4 Å². The van der Waals surface area contributed by atoms with E-state index >= 15 is 0 Å². The van der Waals surface area contributed by atoms with Gasteiger partial charge in [-0.05, 0) is 38.1 Å². The molecular formula is C19H21N3O7S. The number of sulfonamides is 1. The summed E-state index contributed by atoms with van der Waals surface area (Å²) in [6.07, 6.45) is -1.23. The van der Waals surface area contributed by atoms with E-state index in [1.54, 1.807) is 0 Å².